The molecule has 0 radical (unpaired) electrons. The molecule has 0 N–H and O–H groups in total. The summed E-state index contributed by atoms with van der Waals surface area (Å²) in [6, 6.07) is 0. The second kappa shape index (κ2) is 9.51. The zero-order valence-electron chi connectivity index (χ0n) is 25.4. The van der Waals surface area contributed by atoms with Crippen LogP contribution in [-0.4, -0.2) is 22.8 Å². The first-order chi connectivity index (χ1) is 16.0. The fourth-order valence-corrected chi connectivity index (χ4v) is 4.62. The van der Waals surface area contributed by atoms with Gasteiger partial charge in [0, 0.05) is 22.3 Å². The lowest BCUT2D eigenvalue weighted by molar-refractivity contribution is -0.374. The van der Waals surface area contributed by atoms with Crippen molar-refractivity contribution in [3.8, 4) is 0 Å². The van der Waals surface area contributed by atoms with Gasteiger partial charge in [-0.1, -0.05) is 96.9 Å². The van der Waals surface area contributed by atoms with Crippen LogP contribution in [0.3, 0.4) is 0 Å². The number of carbonyl (C=O) groups is 2. The molecule has 4 nitrogen and oxygen atoms in total. The lowest BCUT2D eigenvalue weighted by Crippen LogP contribution is -2.43. The number of hydrogen-bond acceptors (Lipinski definition) is 4. The molecule has 0 heterocycles. The molecule has 0 unspecified atom stereocenters. The van der Waals surface area contributed by atoms with Gasteiger partial charge in [0.15, 0.2) is 11.6 Å². The summed E-state index contributed by atoms with van der Waals surface area (Å²) in [5.74, 6) is 0.141. The molecule has 0 fully saturated rings. The average Bonchev–Trinajstić information content (AvgIpc) is 2.71. The molecule has 0 aromatic heterocycles. The van der Waals surface area contributed by atoms with E-state index < -0.39 is 11.2 Å². The maximum atomic E-state index is 13.5. The topological polar surface area (TPSA) is 52.6 Å². The number of carbonyl (C=O) groups excluding carboxylic acids is 2. The van der Waals surface area contributed by atoms with Crippen molar-refractivity contribution in [1.82, 2.24) is 0 Å². The summed E-state index contributed by atoms with van der Waals surface area (Å²) in [7, 11) is 0. The van der Waals surface area contributed by atoms with Crippen molar-refractivity contribution < 1.29 is 19.4 Å². The largest absolute Gasteiger partial charge is 0.289 e. The van der Waals surface area contributed by atoms with Crippen LogP contribution in [0.2, 0.25) is 0 Å². The molecule has 36 heavy (non-hydrogen) atoms. The minimum Gasteiger partial charge on any atom is -0.289 e. The van der Waals surface area contributed by atoms with Crippen LogP contribution in [0.15, 0.2) is 46.6 Å². The summed E-state index contributed by atoms with van der Waals surface area (Å²) in [5, 5.41) is 0. The molecule has 2 rings (SSSR count). The number of allylic oxidation sites excluding steroid dienone is 4. The van der Waals surface area contributed by atoms with Crippen LogP contribution in [0.25, 0.3) is 0 Å². The molecule has 0 saturated heterocycles. The molecular formula is C32H50O4. The molecule has 0 aromatic carbocycles. The Bertz CT molecular complexity index is 866. The van der Waals surface area contributed by atoms with Gasteiger partial charge in [-0.25, -0.2) is 9.78 Å². The van der Waals surface area contributed by atoms with Gasteiger partial charge in [-0.15, -0.1) is 0 Å². The molecule has 0 spiro atoms. The van der Waals surface area contributed by atoms with E-state index >= 15 is 0 Å². The van der Waals surface area contributed by atoms with Gasteiger partial charge in [0.25, 0.3) is 0 Å². The summed E-state index contributed by atoms with van der Waals surface area (Å²) >= 11 is 0. The Balaban J connectivity index is 2.68. The first kappa shape index (κ1) is 30.4. The van der Waals surface area contributed by atoms with Gasteiger partial charge >= 0.3 is 0 Å². The van der Waals surface area contributed by atoms with E-state index in [1.165, 1.54) is 0 Å². The summed E-state index contributed by atoms with van der Waals surface area (Å²) in [6.07, 6.45) is 9.00. The number of rotatable bonds is 5. The van der Waals surface area contributed by atoms with Crippen molar-refractivity contribution in [2.24, 2.45) is 21.7 Å². The monoisotopic (exact) mass is 498 g/mol. The van der Waals surface area contributed by atoms with E-state index in [1.807, 2.05) is 38.2 Å². The molecule has 4 heteroatoms. The van der Waals surface area contributed by atoms with Crippen LogP contribution in [0, 0.1) is 21.7 Å². The minimum atomic E-state index is -0.895. The fraction of sp³-hybridized carbons (Fsp3) is 0.688. The second-order valence-corrected chi connectivity index (χ2v) is 14.7. The molecule has 0 amide bonds. The zero-order valence-corrected chi connectivity index (χ0v) is 25.4. The van der Waals surface area contributed by atoms with Crippen LogP contribution >= 0.6 is 0 Å². The molecule has 202 valence electrons. The summed E-state index contributed by atoms with van der Waals surface area (Å²) in [5.41, 5.74) is -0.212. The lowest BCUT2D eigenvalue weighted by Gasteiger charge is -2.41. The van der Waals surface area contributed by atoms with E-state index in [-0.39, 0.29) is 33.2 Å². The van der Waals surface area contributed by atoms with E-state index in [1.54, 1.807) is 0 Å². The van der Waals surface area contributed by atoms with Gasteiger partial charge in [-0.2, -0.15) is 0 Å². The molecule has 0 bridgehead atoms. The van der Waals surface area contributed by atoms with Crippen molar-refractivity contribution in [2.45, 2.75) is 121 Å². The number of ketones is 2. The van der Waals surface area contributed by atoms with Crippen molar-refractivity contribution in [2.75, 3.05) is 0 Å². The van der Waals surface area contributed by atoms with E-state index in [0.717, 1.165) is 22.3 Å². The van der Waals surface area contributed by atoms with E-state index in [9.17, 15) is 9.59 Å². The van der Waals surface area contributed by atoms with Gasteiger partial charge in [-0.3, -0.25) is 9.59 Å². The predicted molar refractivity (Wildman–Crippen MR) is 148 cm³/mol. The highest BCUT2D eigenvalue weighted by molar-refractivity contribution is 6.11. The number of hydrogen-bond donors (Lipinski definition) is 0. The Morgan fingerprint density at radius 3 is 0.833 bits per heavy atom. The molecule has 0 aliphatic heterocycles. The summed E-state index contributed by atoms with van der Waals surface area (Å²) in [6.45, 7) is 28.8. The Morgan fingerprint density at radius 2 is 0.694 bits per heavy atom. The molecule has 2 aliphatic rings. The van der Waals surface area contributed by atoms with E-state index in [2.05, 4.69) is 83.1 Å². The summed E-state index contributed by atoms with van der Waals surface area (Å²) in [4.78, 5) is 39.8. The third-order valence-corrected chi connectivity index (χ3v) is 7.22. The Labute approximate surface area is 220 Å². The third kappa shape index (κ3) is 6.19. The highest BCUT2D eigenvalue weighted by Gasteiger charge is 2.45. The van der Waals surface area contributed by atoms with Crippen LogP contribution in [0.5, 0.6) is 0 Å². The molecule has 0 aromatic rings. The zero-order chi connectivity index (χ0) is 28.1. The van der Waals surface area contributed by atoms with E-state index in [4.69, 9.17) is 9.78 Å². The van der Waals surface area contributed by atoms with Crippen molar-refractivity contribution in [1.29, 1.82) is 0 Å². The van der Waals surface area contributed by atoms with Gasteiger partial charge in [-0.05, 0) is 58.8 Å². The average molecular weight is 499 g/mol. The first-order valence-electron chi connectivity index (χ1n) is 13.4. The van der Waals surface area contributed by atoms with Gasteiger partial charge in [0.1, 0.15) is 11.2 Å². The van der Waals surface area contributed by atoms with Crippen molar-refractivity contribution in [3.05, 3.63) is 46.6 Å². The molecule has 0 atom stereocenters. The Kier molecular flexibility index (Phi) is 8.04. The highest BCUT2D eigenvalue weighted by Crippen LogP contribution is 2.45. The van der Waals surface area contributed by atoms with Crippen LogP contribution < -0.4 is 0 Å². The van der Waals surface area contributed by atoms with Gasteiger partial charge < -0.3 is 0 Å². The first-order valence-corrected chi connectivity index (χ1v) is 13.4. The van der Waals surface area contributed by atoms with Gasteiger partial charge in [0.2, 0.25) is 0 Å². The lowest BCUT2D eigenvalue weighted by atomic mass is 9.69. The van der Waals surface area contributed by atoms with Crippen LogP contribution in [-0.2, 0) is 19.4 Å². The van der Waals surface area contributed by atoms with Crippen LogP contribution in [0.4, 0.5) is 0 Å². The smallest absolute Gasteiger partial charge is 0.185 e. The van der Waals surface area contributed by atoms with Crippen LogP contribution in [0.1, 0.15) is 110 Å². The van der Waals surface area contributed by atoms with Crippen molar-refractivity contribution >= 4 is 11.6 Å². The Hall–Kier alpha value is -1.78. The molecular weight excluding hydrogens is 448 g/mol. The standard InChI is InChI=1S/C32H50O4/c1-15-31(17-21(27(3,4)5)25(33)22(18-31)28(6,7)8)35-36-32(16-2)19-23(29(9,10)11)26(34)24(20-32)30(12,13)14/h17-20H,15-16H2,1-14H3. The fourth-order valence-electron chi connectivity index (χ4n) is 4.62. The predicted octanol–water partition coefficient (Wildman–Crippen LogP) is 8.29. The third-order valence-electron chi connectivity index (χ3n) is 7.22. The maximum absolute atomic E-state index is 13.5. The quantitative estimate of drug-likeness (QED) is 0.283. The number of Topliss-reactive ketones (excluding diaryl/α,β-unsaturated/α-hetero) is 2. The minimum absolute atomic E-state index is 0.0703. The van der Waals surface area contributed by atoms with Crippen molar-refractivity contribution in [3.63, 3.8) is 0 Å². The highest BCUT2D eigenvalue weighted by atomic mass is 17.2. The molecule has 2 aliphatic carbocycles. The van der Waals surface area contributed by atoms with Gasteiger partial charge in [0.05, 0.1) is 0 Å². The normalized spacial score (nSPS) is 21.1. The Morgan fingerprint density at radius 1 is 0.500 bits per heavy atom. The maximum Gasteiger partial charge on any atom is 0.185 e. The van der Waals surface area contributed by atoms with E-state index in [0.29, 0.717) is 12.8 Å². The summed E-state index contributed by atoms with van der Waals surface area (Å²) < 4.78 is 0. The molecule has 0 saturated carbocycles. The second-order valence-electron chi connectivity index (χ2n) is 14.7. The SMILES string of the molecule is CCC1(OOC2(CC)C=C(C(C)(C)C)C(=O)C(C(C)(C)C)=C2)C=C(C(C)(C)C)C(=O)C(C(C)(C)C)=C1.